The highest BCUT2D eigenvalue weighted by Crippen LogP contribution is 2.42. The third-order valence-electron chi connectivity index (χ3n) is 5.70. The van der Waals surface area contributed by atoms with Crippen molar-refractivity contribution in [2.45, 2.75) is 0 Å². The first-order valence-electron chi connectivity index (χ1n) is 10.2. The molecule has 3 heteroatoms. The van der Waals surface area contributed by atoms with Gasteiger partial charge in [-0.1, -0.05) is 72.3 Å². The highest BCUT2D eigenvalue weighted by molar-refractivity contribution is 7.25. The molecule has 0 spiro atoms. The first-order valence-corrected chi connectivity index (χ1v) is 11.4. The summed E-state index contributed by atoms with van der Waals surface area (Å²) in [6.07, 6.45) is 0. The van der Waals surface area contributed by atoms with E-state index in [1.807, 2.05) is 6.07 Å². The van der Waals surface area contributed by atoms with Crippen LogP contribution in [-0.4, -0.2) is 0 Å². The van der Waals surface area contributed by atoms with Crippen molar-refractivity contribution in [2.75, 3.05) is 4.90 Å². The minimum atomic E-state index is 0.779. The van der Waals surface area contributed by atoms with Crippen molar-refractivity contribution in [1.29, 1.82) is 0 Å². The number of thiophene rings is 1. The Morgan fingerprint density at radius 2 is 1.35 bits per heavy atom. The van der Waals surface area contributed by atoms with Crippen LogP contribution in [0.25, 0.3) is 30.9 Å². The van der Waals surface area contributed by atoms with Crippen LogP contribution in [0.5, 0.6) is 0 Å². The summed E-state index contributed by atoms with van der Waals surface area (Å²) >= 11 is 8.03. The van der Waals surface area contributed by atoms with E-state index in [1.165, 1.54) is 36.6 Å². The average Bonchev–Trinajstić information content (AvgIpc) is 3.17. The third kappa shape index (κ3) is 3.16. The molecule has 0 atom stereocenters. The Morgan fingerprint density at radius 3 is 2.26 bits per heavy atom. The van der Waals surface area contributed by atoms with Gasteiger partial charge in [-0.3, -0.25) is 0 Å². The second-order valence-corrected chi connectivity index (χ2v) is 9.11. The van der Waals surface area contributed by atoms with E-state index in [2.05, 4.69) is 108 Å². The lowest BCUT2D eigenvalue weighted by Gasteiger charge is -2.27. The number of benzene rings is 5. The molecule has 31 heavy (non-hydrogen) atoms. The lowest BCUT2D eigenvalue weighted by molar-refractivity contribution is 1.30. The van der Waals surface area contributed by atoms with Crippen molar-refractivity contribution in [3.63, 3.8) is 0 Å². The summed E-state index contributed by atoms with van der Waals surface area (Å²) in [6.45, 7) is 0. The second-order valence-electron chi connectivity index (χ2n) is 7.59. The van der Waals surface area contributed by atoms with E-state index in [-0.39, 0.29) is 0 Å². The molecule has 1 heterocycles. The van der Waals surface area contributed by atoms with Crippen LogP contribution in [0.15, 0.2) is 109 Å². The van der Waals surface area contributed by atoms with Gasteiger partial charge in [-0.25, -0.2) is 0 Å². The Kier molecular flexibility index (Phi) is 4.41. The largest absolute Gasteiger partial charge is 0.310 e. The molecule has 0 bridgehead atoms. The summed E-state index contributed by atoms with van der Waals surface area (Å²) in [5.74, 6) is 0. The first kappa shape index (κ1) is 18.4. The van der Waals surface area contributed by atoms with Crippen LogP contribution in [0.1, 0.15) is 0 Å². The van der Waals surface area contributed by atoms with Crippen LogP contribution in [0.2, 0.25) is 5.02 Å². The fraction of sp³-hybridized carbons (Fsp3) is 0. The SMILES string of the molecule is Clc1ccc2c(c1)sc1ccc(N(c3ccccc3)c3cccc4ccccc34)cc12. The number of nitrogens with zero attached hydrogens (tertiary/aromatic N) is 1. The van der Waals surface area contributed by atoms with Gasteiger partial charge in [0.1, 0.15) is 0 Å². The molecule has 0 N–H and O–H groups in total. The van der Waals surface area contributed by atoms with E-state index in [0.29, 0.717) is 0 Å². The highest BCUT2D eigenvalue weighted by Gasteiger charge is 2.16. The first-order chi connectivity index (χ1) is 15.3. The Bertz CT molecular complexity index is 1550. The molecular weight excluding hydrogens is 418 g/mol. The normalized spacial score (nSPS) is 11.4. The van der Waals surface area contributed by atoms with Crippen LogP contribution in [0, 0.1) is 0 Å². The molecule has 0 radical (unpaired) electrons. The Hall–Kier alpha value is -3.33. The summed E-state index contributed by atoms with van der Waals surface area (Å²) in [7, 11) is 0. The van der Waals surface area contributed by atoms with E-state index in [9.17, 15) is 0 Å². The van der Waals surface area contributed by atoms with Gasteiger partial charge >= 0.3 is 0 Å². The standard InChI is InChI=1S/C28H18ClNS/c29-20-13-15-24-25-18-22(14-16-27(25)31-28(24)17-20)30(21-9-2-1-3-10-21)26-12-6-8-19-7-4-5-11-23(19)26/h1-18H. The fourth-order valence-electron chi connectivity index (χ4n) is 4.29. The van der Waals surface area contributed by atoms with Crippen LogP contribution < -0.4 is 4.90 Å². The maximum atomic E-state index is 6.24. The number of hydrogen-bond acceptors (Lipinski definition) is 2. The minimum absolute atomic E-state index is 0.779. The fourth-order valence-corrected chi connectivity index (χ4v) is 5.65. The van der Waals surface area contributed by atoms with Gasteiger partial charge in [-0.15, -0.1) is 11.3 Å². The van der Waals surface area contributed by atoms with E-state index < -0.39 is 0 Å². The van der Waals surface area contributed by atoms with Crippen LogP contribution in [0.4, 0.5) is 17.1 Å². The molecule has 1 nitrogen and oxygen atoms in total. The lowest BCUT2D eigenvalue weighted by Crippen LogP contribution is -2.10. The van der Waals surface area contributed by atoms with Crippen molar-refractivity contribution >= 4 is 70.9 Å². The summed E-state index contributed by atoms with van der Waals surface area (Å²) in [5.41, 5.74) is 3.46. The molecule has 148 valence electrons. The van der Waals surface area contributed by atoms with E-state index in [0.717, 1.165) is 16.4 Å². The predicted octanol–water partition coefficient (Wildman–Crippen LogP) is 9.33. The topological polar surface area (TPSA) is 3.24 Å². The predicted molar refractivity (Wildman–Crippen MR) is 137 cm³/mol. The van der Waals surface area contributed by atoms with Gasteiger partial charge in [-0.05, 0) is 53.9 Å². The molecule has 0 aliphatic rings. The zero-order valence-corrected chi connectivity index (χ0v) is 18.2. The second kappa shape index (κ2) is 7.42. The van der Waals surface area contributed by atoms with Crippen LogP contribution in [-0.2, 0) is 0 Å². The van der Waals surface area contributed by atoms with Gasteiger partial charge in [0, 0.05) is 42.0 Å². The number of para-hydroxylation sites is 1. The number of fused-ring (bicyclic) bond motifs is 4. The molecular formula is C28H18ClNS. The van der Waals surface area contributed by atoms with E-state index in [4.69, 9.17) is 11.6 Å². The molecule has 0 fully saturated rings. The maximum Gasteiger partial charge on any atom is 0.0540 e. The average molecular weight is 436 g/mol. The van der Waals surface area contributed by atoms with Gasteiger partial charge in [-0.2, -0.15) is 0 Å². The summed E-state index contributed by atoms with van der Waals surface area (Å²) in [5, 5.41) is 5.75. The molecule has 5 aromatic carbocycles. The van der Waals surface area contributed by atoms with Crippen molar-refractivity contribution in [1.82, 2.24) is 0 Å². The van der Waals surface area contributed by atoms with Gasteiger partial charge in [0.2, 0.25) is 0 Å². The molecule has 1 aromatic heterocycles. The summed E-state index contributed by atoms with van der Waals surface area (Å²) in [6, 6.07) is 38.5. The van der Waals surface area contributed by atoms with Crippen molar-refractivity contribution in [2.24, 2.45) is 0 Å². The highest BCUT2D eigenvalue weighted by atomic mass is 35.5. The molecule has 0 aliphatic carbocycles. The lowest BCUT2D eigenvalue weighted by atomic mass is 10.1. The quantitative estimate of drug-likeness (QED) is 0.267. The summed E-state index contributed by atoms with van der Waals surface area (Å²) in [4.78, 5) is 2.35. The van der Waals surface area contributed by atoms with Gasteiger partial charge in [0.15, 0.2) is 0 Å². The number of rotatable bonds is 3. The molecule has 0 amide bonds. The Balaban J connectivity index is 1.63. The van der Waals surface area contributed by atoms with Gasteiger partial charge in [0.25, 0.3) is 0 Å². The van der Waals surface area contributed by atoms with E-state index in [1.54, 1.807) is 11.3 Å². The maximum absolute atomic E-state index is 6.24. The molecule has 6 rings (SSSR count). The molecule has 0 aliphatic heterocycles. The summed E-state index contributed by atoms with van der Waals surface area (Å²) < 4.78 is 2.49. The Morgan fingerprint density at radius 1 is 0.548 bits per heavy atom. The van der Waals surface area contributed by atoms with Crippen LogP contribution in [0.3, 0.4) is 0 Å². The molecule has 0 saturated heterocycles. The Labute approximate surface area is 189 Å². The monoisotopic (exact) mass is 435 g/mol. The molecule has 0 unspecified atom stereocenters. The van der Waals surface area contributed by atoms with Crippen molar-refractivity contribution in [3.8, 4) is 0 Å². The van der Waals surface area contributed by atoms with E-state index >= 15 is 0 Å². The molecule has 0 saturated carbocycles. The smallest absolute Gasteiger partial charge is 0.0540 e. The van der Waals surface area contributed by atoms with Gasteiger partial charge in [0.05, 0.1) is 5.69 Å². The van der Waals surface area contributed by atoms with Gasteiger partial charge < -0.3 is 4.90 Å². The number of anilines is 3. The zero-order valence-electron chi connectivity index (χ0n) is 16.6. The molecule has 6 aromatic rings. The zero-order chi connectivity index (χ0) is 20.8. The van der Waals surface area contributed by atoms with Crippen LogP contribution >= 0.6 is 22.9 Å². The third-order valence-corrected chi connectivity index (χ3v) is 7.07. The van der Waals surface area contributed by atoms with Crippen molar-refractivity contribution < 1.29 is 0 Å². The minimum Gasteiger partial charge on any atom is -0.310 e. The number of halogens is 1. The number of hydrogen-bond donors (Lipinski definition) is 0. The van der Waals surface area contributed by atoms with Crippen molar-refractivity contribution in [3.05, 3.63) is 114 Å².